The second kappa shape index (κ2) is 8.47. The molecule has 0 saturated carbocycles. The van der Waals surface area contributed by atoms with Crippen LogP contribution in [0.15, 0.2) is 47.6 Å². The number of hydrazone groups is 1. The molecule has 2 N–H and O–H groups in total. The van der Waals surface area contributed by atoms with Gasteiger partial charge in [-0.05, 0) is 24.6 Å². The Morgan fingerprint density at radius 2 is 1.88 bits per heavy atom. The molecule has 0 aliphatic heterocycles. The molecule has 0 saturated heterocycles. The fraction of sp³-hybridized carbons (Fsp3) is 0.118. The van der Waals surface area contributed by atoms with Gasteiger partial charge in [-0.3, -0.25) is 9.59 Å². The zero-order chi connectivity index (χ0) is 17.5. The smallest absolute Gasteiger partial charge is 0.259 e. The van der Waals surface area contributed by atoms with Gasteiger partial charge in [0.2, 0.25) is 0 Å². The first-order valence-corrected chi connectivity index (χ1v) is 7.84. The van der Waals surface area contributed by atoms with Crippen LogP contribution in [0, 0.1) is 6.92 Å². The van der Waals surface area contributed by atoms with E-state index in [4.69, 9.17) is 23.2 Å². The normalized spacial score (nSPS) is 10.6. The summed E-state index contributed by atoms with van der Waals surface area (Å²) in [5.41, 5.74) is 4.25. The molecule has 0 bridgehead atoms. The van der Waals surface area contributed by atoms with Crippen molar-refractivity contribution in [3.05, 3.63) is 69.2 Å². The number of amides is 2. The van der Waals surface area contributed by atoms with E-state index in [1.807, 2.05) is 19.1 Å². The second-order valence-corrected chi connectivity index (χ2v) is 5.72. The topological polar surface area (TPSA) is 70.6 Å². The Morgan fingerprint density at radius 3 is 2.62 bits per heavy atom. The number of nitrogens with zero attached hydrogens (tertiary/aromatic N) is 1. The highest BCUT2D eigenvalue weighted by molar-refractivity contribution is 6.43. The van der Waals surface area contributed by atoms with Gasteiger partial charge in [0, 0.05) is 11.1 Å². The van der Waals surface area contributed by atoms with Crippen LogP contribution in [0.5, 0.6) is 0 Å². The van der Waals surface area contributed by atoms with Gasteiger partial charge in [-0.1, -0.05) is 53.5 Å². The van der Waals surface area contributed by atoms with Crippen molar-refractivity contribution in [2.24, 2.45) is 5.10 Å². The minimum absolute atomic E-state index is 0.187. The summed E-state index contributed by atoms with van der Waals surface area (Å²) in [6.45, 7) is 1.64. The van der Waals surface area contributed by atoms with Crippen molar-refractivity contribution < 1.29 is 9.59 Å². The van der Waals surface area contributed by atoms with Gasteiger partial charge in [0.05, 0.1) is 22.8 Å². The van der Waals surface area contributed by atoms with Gasteiger partial charge in [0.25, 0.3) is 11.8 Å². The number of rotatable bonds is 5. The van der Waals surface area contributed by atoms with Crippen LogP contribution in [0.1, 0.15) is 21.5 Å². The fourth-order valence-electron chi connectivity index (χ4n) is 1.92. The maximum absolute atomic E-state index is 12.0. The summed E-state index contributed by atoms with van der Waals surface area (Å²) >= 11 is 11.9. The third-order valence-electron chi connectivity index (χ3n) is 3.17. The van der Waals surface area contributed by atoms with E-state index in [-0.39, 0.29) is 12.5 Å². The molecule has 2 aromatic rings. The van der Waals surface area contributed by atoms with Crippen LogP contribution in [-0.4, -0.2) is 24.6 Å². The molecule has 0 aliphatic carbocycles. The first kappa shape index (κ1) is 18.0. The van der Waals surface area contributed by atoms with Crippen LogP contribution in [-0.2, 0) is 4.79 Å². The summed E-state index contributed by atoms with van der Waals surface area (Å²) in [7, 11) is 0. The van der Waals surface area contributed by atoms with E-state index < -0.39 is 5.91 Å². The molecule has 2 amide bonds. The summed E-state index contributed by atoms with van der Waals surface area (Å²) in [5.74, 6) is -0.767. The number of nitrogens with one attached hydrogen (secondary N) is 2. The standard InChI is InChI=1S/C17H15Cl2N3O2/c1-11-5-2-3-7-13(11)17(24)20-10-15(23)22-21-9-12-6-4-8-14(18)16(12)19/h2-9H,10H2,1H3,(H,20,24)(H,22,23)/b21-9-. The van der Waals surface area contributed by atoms with Crippen molar-refractivity contribution in [2.45, 2.75) is 6.92 Å². The summed E-state index contributed by atoms with van der Waals surface area (Å²) in [6.07, 6.45) is 1.38. The van der Waals surface area contributed by atoms with Crippen LogP contribution in [0.25, 0.3) is 0 Å². The molecule has 0 aliphatic rings. The molecular formula is C17H15Cl2N3O2. The molecule has 7 heteroatoms. The van der Waals surface area contributed by atoms with Crippen LogP contribution in [0.3, 0.4) is 0 Å². The van der Waals surface area contributed by atoms with Gasteiger partial charge < -0.3 is 5.32 Å². The van der Waals surface area contributed by atoms with Gasteiger partial charge in [0.1, 0.15) is 0 Å². The Kier molecular flexibility index (Phi) is 6.35. The Bertz CT molecular complexity index is 791. The van der Waals surface area contributed by atoms with Gasteiger partial charge in [0.15, 0.2) is 0 Å². The third kappa shape index (κ3) is 4.81. The predicted octanol–water partition coefficient (Wildman–Crippen LogP) is 3.18. The van der Waals surface area contributed by atoms with Crippen LogP contribution in [0.4, 0.5) is 0 Å². The first-order valence-electron chi connectivity index (χ1n) is 7.09. The maximum Gasteiger partial charge on any atom is 0.259 e. The molecule has 0 spiro atoms. The minimum Gasteiger partial charge on any atom is -0.343 e. The minimum atomic E-state index is -0.452. The molecule has 0 heterocycles. The van der Waals surface area contributed by atoms with E-state index in [9.17, 15) is 9.59 Å². The Labute approximate surface area is 149 Å². The SMILES string of the molecule is Cc1ccccc1C(=O)NCC(=O)N/N=C\c1cccc(Cl)c1Cl. The summed E-state index contributed by atoms with van der Waals surface area (Å²) in [5, 5.41) is 7.08. The van der Waals surface area contributed by atoms with Gasteiger partial charge in [-0.15, -0.1) is 0 Å². The van der Waals surface area contributed by atoms with Crippen LogP contribution < -0.4 is 10.7 Å². The largest absolute Gasteiger partial charge is 0.343 e. The Balaban J connectivity index is 1.86. The van der Waals surface area contributed by atoms with Crippen molar-refractivity contribution in [3.8, 4) is 0 Å². The lowest BCUT2D eigenvalue weighted by Gasteiger charge is -2.06. The van der Waals surface area contributed by atoms with E-state index in [2.05, 4.69) is 15.8 Å². The number of hydrogen-bond acceptors (Lipinski definition) is 3. The van der Waals surface area contributed by atoms with Crippen molar-refractivity contribution in [3.63, 3.8) is 0 Å². The summed E-state index contributed by atoms with van der Waals surface area (Å²) in [4.78, 5) is 23.7. The molecular weight excluding hydrogens is 349 g/mol. The highest BCUT2D eigenvalue weighted by Gasteiger charge is 2.09. The van der Waals surface area contributed by atoms with E-state index in [0.717, 1.165) is 5.56 Å². The number of benzene rings is 2. The molecule has 124 valence electrons. The summed E-state index contributed by atoms with van der Waals surface area (Å²) < 4.78 is 0. The van der Waals surface area contributed by atoms with E-state index in [1.54, 1.807) is 30.3 Å². The number of hydrogen-bond donors (Lipinski definition) is 2. The average molecular weight is 364 g/mol. The monoisotopic (exact) mass is 363 g/mol. The van der Waals surface area contributed by atoms with Crippen LogP contribution >= 0.6 is 23.2 Å². The lowest BCUT2D eigenvalue weighted by atomic mass is 10.1. The van der Waals surface area contributed by atoms with Crippen LogP contribution in [0.2, 0.25) is 10.0 Å². The number of halogens is 2. The lowest BCUT2D eigenvalue weighted by Crippen LogP contribution is -2.35. The molecule has 24 heavy (non-hydrogen) atoms. The van der Waals surface area contributed by atoms with Gasteiger partial charge in [-0.25, -0.2) is 5.43 Å². The van der Waals surface area contributed by atoms with Crippen molar-refractivity contribution in [1.29, 1.82) is 0 Å². The first-order chi connectivity index (χ1) is 11.5. The number of carbonyl (C=O) groups is 2. The zero-order valence-corrected chi connectivity index (χ0v) is 14.4. The molecule has 2 rings (SSSR count). The van der Waals surface area contributed by atoms with E-state index in [0.29, 0.717) is 21.2 Å². The van der Waals surface area contributed by atoms with Gasteiger partial charge in [-0.2, -0.15) is 5.10 Å². The molecule has 5 nitrogen and oxygen atoms in total. The van der Waals surface area contributed by atoms with Crippen molar-refractivity contribution in [1.82, 2.24) is 10.7 Å². The molecule has 0 unspecified atom stereocenters. The molecule has 2 aromatic carbocycles. The van der Waals surface area contributed by atoms with E-state index in [1.165, 1.54) is 6.21 Å². The second-order valence-electron chi connectivity index (χ2n) is 4.93. The van der Waals surface area contributed by atoms with Crippen molar-refractivity contribution in [2.75, 3.05) is 6.54 Å². The lowest BCUT2D eigenvalue weighted by molar-refractivity contribution is -0.120. The quantitative estimate of drug-likeness (QED) is 0.632. The molecule has 0 aromatic heterocycles. The van der Waals surface area contributed by atoms with E-state index >= 15 is 0 Å². The fourth-order valence-corrected chi connectivity index (χ4v) is 2.27. The predicted molar refractivity (Wildman–Crippen MR) is 95.7 cm³/mol. The van der Waals surface area contributed by atoms with Crippen molar-refractivity contribution >= 4 is 41.2 Å². The van der Waals surface area contributed by atoms with Gasteiger partial charge >= 0.3 is 0 Å². The zero-order valence-electron chi connectivity index (χ0n) is 12.8. The summed E-state index contributed by atoms with van der Waals surface area (Å²) in [6, 6.07) is 12.2. The average Bonchev–Trinajstić information content (AvgIpc) is 2.57. The highest BCUT2D eigenvalue weighted by Crippen LogP contribution is 2.23. The highest BCUT2D eigenvalue weighted by atomic mass is 35.5. The maximum atomic E-state index is 12.0. The Morgan fingerprint density at radius 1 is 1.12 bits per heavy atom. The number of aryl methyl sites for hydroxylation is 1. The molecule has 0 fully saturated rings. The Hall–Kier alpha value is -2.37. The number of carbonyl (C=O) groups excluding carboxylic acids is 2. The third-order valence-corrected chi connectivity index (χ3v) is 4.01. The molecule has 0 radical (unpaired) electrons. The molecule has 0 atom stereocenters.